The highest BCUT2D eigenvalue weighted by molar-refractivity contribution is 14.0. The zero-order chi connectivity index (χ0) is 18.4. The molecule has 0 aliphatic carbocycles. The Balaban J connectivity index is 0.00000338. The van der Waals surface area contributed by atoms with Crippen molar-refractivity contribution in [1.29, 1.82) is 0 Å². The van der Waals surface area contributed by atoms with Gasteiger partial charge in [0.2, 0.25) is 5.91 Å². The zero-order valence-corrected chi connectivity index (χ0v) is 18.8. The quantitative estimate of drug-likeness (QED) is 0.338. The van der Waals surface area contributed by atoms with Gasteiger partial charge in [0.15, 0.2) is 5.96 Å². The first-order valence-electron chi connectivity index (χ1n) is 8.92. The molecule has 1 heterocycles. The van der Waals surface area contributed by atoms with Gasteiger partial charge in [-0.05, 0) is 46.5 Å². The number of para-hydroxylation sites is 1. The third-order valence-electron chi connectivity index (χ3n) is 4.80. The van der Waals surface area contributed by atoms with E-state index in [4.69, 9.17) is 4.99 Å². The van der Waals surface area contributed by atoms with Gasteiger partial charge < -0.3 is 20.9 Å². The van der Waals surface area contributed by atoms with Crippen molar-refractivity contribution < 1.29 is 4.79 Å². The van der Waals surface area contributed by atoms with Gasteiger partial charge in [0.25, 0.3) is 0 Å². The lowest BCUT2D eigenvalue weighted by Gasteiger charge is -2.31. The van der Waals surface area contributed by atoms with Crippen molar-refractivity contribution in [2.75, 3.05) is 39.0 Å². The molecule has 0 bridgehead atoms. The maximum atomic E-state index is 11.9. The number of likely N-dealkylation sites (N-methyl/N-ethyl adjacent to an activating group) is 1. The van der Waals surface area contributed by atoms with Crippen LogP contribution in [-0.4, -0.2) is 56.0 Å². The predicted octanol–water partition coefficient (Wildman–Crippen LogP) is 2.63. The molecule has 26 heavy (non-hydrogen) atoms. The Morgan fingerprint density at radius 1 is 1.31 bits per heavy atom. The van der Waals surface area contributed by atoms with Crippen LogP contribution in [0.1, 0.15) is 38.7 Å². The van der Waals surface area contributed by atoms with E-state index in [-0.39, 0.29) is 41.3 Å². The maximum Gasteiger partial charge on any atom is 0.225 e. The summed E-state index contributed by atoms with van der Waals surface area (Å²) in [5.41, 5.74) is 2.08. The average Bonchev–Trinajstić information content (AvgIpc) is 2.56. The van der Waals surface area contributed by atoms with Crippen molar-refractivity contribution in [1.82, 2.24) is 15.5 Å². The Hall–Kier alpha value is -1.35. The summed E-state index contributed by atoms with van der Waals surface area (Å²) in [6.45, 7) is 8.56. The van der Waals surface area contributed by atoms with Crippen LogP contribution in [0.4, 0.5) is 5.69 Å². The number of carbonyl (C=O) groups is 1. The number of guanidine groups is 1. The first-order valence-corrected chi connectivity index (χ1v) is 8.92. The topological polar surface area (TPSA) is 68.8 Å². The third-order valence-corrected chi connectivity index (χ3v) is 4.80. The van der Waals surface area contributed by atoms with Crippen LogP contribution >= 0.6 is 24.0 Å². The number of halogens is 1. The molecule has 1 aromatic carbocycles. The van der Waals surface area contributed by atoms with Gasteiger partial charge in [0, 0.05) is 36.7 Å². The van der Waals surface area contributed by atoms with E-state index in [1.165, 1.54) is 5.56 Å². The lowest BCUT2D eigenvalue weighted by molar-refractivity contribution is -0.116. The molecule has 0 fully saturated rings. The second kappa shape index (κ2) is 10.1. The molecule has 1 aromatic rings. The molecule has 1 atom stereocenters. The van der Waals surface area contributed by atoms with E-state index in [1.54, 1.807) is 0 Å². The van der Waals surface area contributed by atoms with Crippen LogP contribution in [0.3, 0.4) is 0 Å². The van der Waals surface area contributed by atoms with Gasteiger partial charge in [0.05, 0.1) is 6.54 Å². The van der Waals surface area contributed by atoms with Crippen LogP contribution in [0, 0.1) is 0 Å². The van der Waals surface area contributed by atoms with Crippen molar-refractivity contribution in [3.63, 3.8) is 0 Å². The van der Waals surface area contributed by atoms with Crippen molar-refractivity contribution in [3.8, 4) is 0 Å². The zero-order valence-electron chi connectivity index (χ0n) is 16.4. The van der Waals surface area contributed by atoms with E-state index in [0.29, 0.717) is 19.5 Å². The van der Waals surface area contributed by atoms with Crippen molar-refractivity contribution in [2.24, 2.45) is 4.99 Å². The number of hydrogen-bond donors (Lipinski definition) is 3. The summed E-state index contributed by atoms with van der Waals surface area (Å²) in [6.07, 6.45) is 0.493. The summed E-state index contributed by atoms with van der Waals surface area (Å²) in [5.74, 6) is 1.01. The highest BCUT2D eigenvalue weighted by Gasteiger charge is 2.25. The molecule has 1 amide bonds. The number of aliphatic imine (C=N–C) groups is 1. The highest BCUT2D eigenvalue weighted by atomic mass is 127. The smallest absolute Gasteiger partial charge is 0.225 e. The number of carbonyl (C=O) groups excluding carboxylic acids is 1. The number of nitrogens with one attached hydrogen (secondary N) is 3. The number of benzene rings is 1. The number of fused-ring (bicyclic) bond motifs is 1. The van der Waals surface area contributed by atoms with E-state index >= 15 is 0 Å². The highest BCUT2D eigenvalue weighted by Crippen LogP contribution is 2.31. The second-order valence-electron chi connectivity index (χ2n) is 7.32. The Kier molecular flexibility index (Phi) is 8.82. The molecular formula is C19H32IN5O. The van der Waals surface area contributed by atoms with E-state index in [9.17, 15) is 4.79 Å². The van der Waals surface area contributed by atoms with Crippen LogP contribution in [0.25, 0.3) is 0 Å². The minimum atomic E-state index is -0.0142. The first kappa shape index (κ1) is 22.7. The number of hydrogen-bond acceptors (Lipinski definition) is 3. The summed E-state index contributed by atoms with van der Waals surface area (Å²) >= 11 is 0. The normalized spacial score (nSPS) is 17.2. The summed E-state index contributed by atoms with van der Waals surface area (Å²) in [7, 11) is 4.13. The molecule has 1 unspecified atom stereocenters. The fraction of sp³-hybridized carbons (Fsp3) is 0.579. The molecule has 2 rings (SSSR count). The Bertz CT molecular complexity index is 630. The van der Waals surface area contributed by atoms with E-state index in [0.717, 1.165) is 18.2 Å². The molecule has 1 aliphatic rings. The Morgan fingerprint density at radius 3 is 2.65 bits per heavy atom. The monoisotopic (exact) mass is 473 g/mol. The number of anilines is 1. The Labute approximate surface area is 174 Å². The summed E-state index contributed by atoms with van der Waals surface area (Å²) in [6, 6.07) is 8.00. The van der Waals surface area contributed by atoms with Crippen molar-refractivity contribution >= 4 is 41.5 Å². The van der Waals surface area contributed by atoms with Crippen LogP contribution in [0.5, 0.6) is 0 Å². The standard InChI is InChI=1S/C19H31N5O.HI/c1-6-20-18(22-13-19(2,3)24(4)5)21-12-14-11-17(25)23-16-10-8-7-9-15(14)16;/h7-10,14H,6,11-13H2,1-5H3,(H,23,25)(H2,20,21,22);1H. The van der Waals surface area contributed by atoms with Gasteiger partial charge in [-0.1, -0.05) is 18.2 Å². The molecule has 0 spiro atoms. The van der Waals surface area contributed by atoms with Gasteiger partial charge >= 0.3 is 0 Å². The number of nitrogens with zero attached hydrogens (tertiary/aromatic N) is 2. The molecule has 7 heteroatoms. The minimum Gasteiger partial charge on any atom is -0.357 e. The van der Waals surface area contributed by atoms with Crippen LogP contribution in [0.15, 0.2) is 29.3 Å². The Morgan fingerprint density at radius 2 is 2.00 bits per heavy atom. The van der Waals surface area contributed by atoms with Crippen LogP contribution in [0.2, 0.25) is 0 Å². The average molecular weight is 473 g/mol. The molecule has 0 saturated carbocycles. The van der Waals surface area contributed by atoms with Crippen LogP contribution in [-0.2, 0) is 4.79 Å². The SMILES string of the molecule is CCNC(=NCC(C)(C)N(C)C)NCC1CC(=O)Nc2ccccc21.I. The van der Waals surface area contributed by atoms with E-state index in [2.05, 4.69) is 61.8 Å². The van der Waals surface area contributed by atoms with E-state index in [1.807, 2.05) is 18.2 Å². The fourth-order valence-corrected chi connectivity index (χ4v) is 2.66. The molecule has 6 nitrogen and oxygen atoms in total. The molecule has 0 aromatic heterocycles. The van der Waals surface area contributed by atoms with Gasteiger partial charge in [0.1, 0.15) is 0 Å². The summed E-state index contributed by atoms with van der Waals surface area (Å²) < 4.78 is 0. The summed E-state index contributed by atoms with van der Waals surface area (Å²) in [5, 5.41) is 9.63. The molecular weight excluding hydrogens is 441 g/mol. The molecule has 0 saturated heterocycles. The lowest BCUT2D eigenvalue weighted by atomic mass is 9.90. The number of rotatable bonds is 6. The fourth-order valence-electron chi connectivity index (χ4n) is 2.66. The van der Waals surface area contributed by atoms with Gasteiger partial charge in [-0.25, -0.2) is 0 Å². The van der Waals surface area contributed by atoms with Gasteiger partial charge in [-0.2, -0.15) is 0 Å². The maximum absolute atomic E-state index is 11.9. The largest absolute Gasteiger partial charge is 0.357 e. The lowest BCUT2D eigenvalue weighted by Crippen LogP contribution is -2.44. The van der Waals surface area contributed by atoms with Gasteiger partial charge in [-0.3, -0.25) is 9.79 Å². The second-order valence-corrected chi connectivity index (χ2v) is 7.32. The summed E-state index contributed by atoms with van der Waals surface area (Å²) in [4.78, 5) is 18.8. The molecule has 1 aliphatic heterocycles. The minimum absolute atomic E-state index is 0. The molecule has 0 radical (unpaired) electrons. The van der Waals surface area contributed by atoms with Crippen molar-refractivity contribution in [3.05, 3.63) is 29.8 Å². The third kappa shape index (κ3) is 6.12. The first-order chi connectivity index (χ1) is 11.8. The van der Waals surface area contributed by atoms with Gasteiger partial charge in [-0.15, -0.1) is 24.0 Å². The van der Waals surface area contributed by atoms with E-state index < -0.39 is 0 Å². The molecule has 3 N–H and O–H groups in total. The van der Waals surface area contributed by atoms with Crippen molar-refractivity contribution in [2.45, 2.75) is 38.6 Å². The predicted molar refractivity (Wildman–Crippen MR) is 120 cm³/mol. The molecule has 146 valence electrons. The van der Waals surface area contributed by atoms with Crippen LogP contribution < -0.4 is 16.0 Å². The number of amides is 1.